The van der Waals surface area contributed by atoms with Crippen LogP contribution in [0.25, 0.3) is 0 Å². The molecule has 0 bridgehead atoms. The summed E-state index contributed by atoms with van der Waals surface area (Å²) in [5.74, 6) is -0.713. The molecule has 6 nitrogen and oxygen atoms in total. The fourth-order valence-corrected chi connectivity index (χ4v) is 1.89. The first kappa shape index (κ1) is 14.2. The second-order valence-electron chi connectivity index (χ2n) is 3.80. The van der Waals surface area contributed by atoms with Gasteiger partial charge < -0.3 is 0 Å². The Labute approximate surface area is 116 Å². The van der Waals surface area contributed by atoms with Gasteiger partial charge in [-0.2, -0.15) is 13.5 Å². The highest BCUT2D eigenvalue weighted by Gasteiger charge is 2.23. The van der Waals surface area contributed by atoms with E-state index in [2.05, 4.69) is 4.28 Å². The van der Waals surface area contributed by atoms with Crippen LogP contribution in [0.5, 0.6) is 0 Å². The van der Waals surface area contributed by atoms with Crippen molar-refractivity contribution < 1.29 is 22.0 Å². The molecule has 0 spiro atoms. The number of hydrogen-bond acceptors (Lipinski definition) is 4. The van der Waals surface area contributed by atoms with Crippen molar-refractivity contribution in [2.75, 3.05) is 5.06 Å². The van der Waals surface area contributed by atoms with Gasteiger partial charge in [-0.15, -0.1) is 4.28 Å². The highest BCUT2D eigenvalue weighted by molar-refractivity contribution is 7.81. The molecule has 7 heteroatoms. The zero-order valence-electron chi connectivity index (χ0n) is 10.2. The third-order valence-corrected chi connectivity index (χ3v) is 2.70. The van der Waals surface area contributed by atoms with E-state index in [0.717, 1.165) is 0 Å². The number of carbonyl (C=O) groups is 1. The molecule has 0 heterocycles. The first-order valence-electron chi connectivity index (χ1n) is 5.59. The van der Waals surface area contributed by atoms with Gasteiger partial charge in [0.05, 0.1) is 5.69 Å². The molecule has 0 aromatic heterocycles. The average Bonchev–Trinajstić information content (AvgIpc) is 2.45. The first-order chi connectivity index (χ1) is 9.47. The first-order valence-corrected chi connectivity index (χ1v) is 6.95. The van der Waals surface area contributed by atoms with Gasteiger partial charge in [-0.05, 0) is 24.3 Å². The molecule has 104 valence electrons. The molecule has 0 radical (unpaired) electrons. The highest BCUT2D eigenvalue weighted by atomic mass is 32.3. The van der Waals surface area contributed by atoms with E-state index in [0.29, 0.717) is 5.06 Å². The Morgan fingerprint density at radius 1 is 0.950 bits per heavy atom. The third-order valence-electron chi connectivity index (χ3n) is 2.36. The number of hydroxylamine groups is 1. The molecule has 2 rings (SSSR count). The summed E-state index contributed by atoms with van der Waals surface area (Å²) < 4.78 is 34.9. The van der Waals surface area contributed by atoms with Crippen LogP contribution in [0, 0.1) is 0 Å². The third kappa shape index (κ3) is 3.64. The number of amides is 1. The lowest BCUT2D eigenvalue weighted by Crippen LogP contribution is -2.33. The summed E-state index contributed by atoms with van der Waals surface area (Å²) >= 11 is 0. The summed E-state index contributed by atoms with van der Waals surface area (Å²) in [5.41, 5.74) is 0.402. The van der Waals surface area contributed by atoms with Gasteiger partial charge in [-0.25, -0.2) is 0 Å². The molecule has 0 unspecified atom stereocenters. The number of rotatable bonds is 4. The molecule has 2 aromatic rings. The van der Waals surface area contributed by atoms with Crippen LogP contribution in [0.4, 0.5) is 5.69 Å². The van der Waals surface area contributed by atoms with Crippen LogP contribution >= 0.6 is 0 Å². The lowest BCUT2D eigenvalue weighted by molar-refractivity contribution is 0.0870. The van der Waals surface area contributed by atoms with Gasteiger partial charge in [0.1, 0.15) is 0 Å². The summed E-state index contributed by atoms with van der Waals surface area (Å²) in [6.07, 6.45) is 0. The number of nitrogens with zero attached hydrogens (tertiary/aromatic N) is 1. The van der Waals surface area contributed by atoms with Crippen LogP contribution in [0.15, 0.2) is 60.7 Å². The fraction of sp³-hybridized carbons (Fsp3) is 0. The van der Waals surface area contributed by atoms with Gasteiger partial charge in [0.15, 0.2) is 0 Å². The van der Waals surface area contributed by atoms with Gasteiger partial charge >= 0.3 is 10.4 Å². The minimum atomic E-state index is -4.82. The fourth-order valence-electron chi connectivity index (χ4n) is 1.55. The van der Waals surface area contributed by atoms with Crippen molar-refractivity contribution in [3.63, 3.8) is 0 Å². The second-order valence-corrected chi connectivity index (χ2v) is 4.81. The number of hydrogen-bond donors (Lipinski definition) is 1. The smallest absolute Gasteiger partial charge is 0.266 e. The monoisotopic (exact) mass is 293 g/mol. The Morgan fingerprint density at radius 3 is 1.95 bits per heavy atom. The number of benzene rings is 2. The molecule has 0 aliphatic heterocycles. The predicted octanol–water partition coefficient (Wildman–Crippen LogP) is 2.07. The second kappa shape index (κ2) is 5.83. The van der Waals surface area contributed by atoms with E-state index in [1.54, 1.807) is 36.4 Å². The zero-order chi connectivity index (χ0) is 14.6. The van der Waals surface area contributed by atoms with Gasteiger partial charge in [-0.3, -0.25) is 9.35 Å². The SMILES string of the molecule is O=C(c1ccccc1)N(OS(=O)(=O)O)c1ccccc1. The largest absolute Gasteiger partial charge is 0.418 e. The lowest BCUT2D eigenvalue weighted by atomic mass is 10.2. The van der Waals surface area contributed by atoms with Gasteiger partial charge in [0.25, 0.3) is 5.91 Å². The molecular weight excluding hydrogens is 282 g/mol. The molecule has 0 saturated heterocycles. The van der Waals surface area contributed by atoms with E-state index in [4.69, 9.17) is 4.55 Å². The number of para-hydroxylation sites is 1. The van der Waals surface area contributed by atoms with Crippen LogP contribution in [-0.4, -0.2) is 18.9 Å². The Kier molecular flexibility index (Phi) is 4.14. The minimum absolute atomic E-state index is 0.180. The van der Waals surface area contributed by atoms with Crippen LogP contribution in [-0.2, 0) is 14.7 Å². The van der Waals surface area contributed by atoms with Crippen LogP contribution in [0.3, 0.4) is 0 Å². The van der Waals surface area contributed by atoms with Gasteiger partial charge in [-0.1, -0.05) is 36.4 Å². The molecule has 1 N–H and O–H groups in total. The number of carbonyl (C=O) groups excluding carboxylic acids is 1. The van der Waals surface area contributed by atoms with Crippen molar-refractivity contribution in [3.8, 4) is 0 Å². The van der Waals surface area contributed by atoms with Crippen LogP contribution < -0.4 is 5.06 Å². The Bertz CT molecular complexity index is 685. The van der Waals surface area contributed by atoms with Crippen LogP contribution in [0.2, 0.25) is 0 Å². The molecule has 20 heavy (non-hydrogen) atoms. The quantitative estimate of drug-likeness (QED) is 0.689. The van der Waals surface area contributed by atoms with Crippen molar-refractivity contribution in [1.29, 1.82) is 0 Å². The van der Waals surface area contributed by atoms with Gasteiger partial charge in [0, 0.05) is 5.56 Å². The minimum Gasteiger partial charge on any atom is -0.266 e. The van der Waals surface area contributed by atoms with E-state index < -0.39 is 16.3 Å². The molecule has 0 saturated carbocycles. The van der Waals surface area contributed by atoms with Crippen molar-refractivity contribution in [2.45, 2.75) is 0 Å². The summed E-state index contributed by atoms with van der Waals surface area (Å²) in [7, 11) is -4.82. The van der Waals surface area contributed by atoms with E-state index in [9.17, 15) is 13.2 Å². The number of anilines is 1. The summed E-state index contributed by atoms with van der Waals surface area (Å²) in [6, 6.07) is 15.8. The summed E-state index contributed by atoms with van der Waals surface area (Å²) in [5, 5.41) is 0.519. The molecule has 0 aliphatic carbocycles. The van der Waals surface area contributed by atoms with Crippen molar-refractivity contribution >= 4 is 22.0 Å². The van der Waals surface area contributed by atoms with Crippen molar-refractivity contribution in [2.24, 2.45) is 0 Å². The van der Waals surface area contributed by atoms with Crippen molar-refractivity contribution in [3.05, 3.63) is 66.2 Å². The Morgan fingerprint density at radius 2 is 1.45 bits per heavy atom. The zero-order valence-corrected chi connectivity index (χ0v) is 11.0. The van der Waals surface area contributed by atoms with Crippen LogP contribution in [0.1, 0.15) is 10.4 Å². The summed E-state index contributed by atoms with van der Waals surface area (Å²) in [4.78, 5) is 12.2. The Hall–Kier alpha value is -2.22. The van der Waals surface area contributed by atoms with E-state index in [-0.39, 0.29) is 11.3 Å². The lowest BCUT2D eigenvalue weighted by Gasteiger charge is -2.19. The predicted molar refractivity (Wildman–Crippen MR) is 72.3 cm³/mol. The molecule has 0 fully saturated rings. The van der Waals surface area contributed by atoms with Gasteiger partial charge in [0.2, 0.25) is 0 Å². The van der Waals surface area contributed by atoms with Crippen molar-refractivity contribution in [1.82, 2.24) is 0 Å². The molecule has 0 aliphatic rings. The molecular formula is C13H11NO5S. The maximum atomic E-state index is 12.2. The molecule has 2 aromatic carbocycles. The van der Waals surface area contributed by atoms with E-state index in [1.807, 2.05) is 0 Å². The average molecular weight is 293 g/mol. The summed E-state index contributed by atoms with van der Waals surface area (Å²) in [6.45, 7) is 0. The normalized spacial score (nSPS) is 11.1. The maximum Gasteiger partial charge on any atom is 0.418 e. The maximum absolute atomic E-state index is 12.2. The highest BCUT2D eigenvalue weighted by Crippen LogP contribution is 2.18. The standard InChI is InChI=1S/C13H11NO5S/c15-13(11-7-3-1-4-8-11)14(19-20(16,17)18)12-9-5-2-6-10-12/h1-10H,(H,16,17,18). The topological polar surface area (TPSA) is 83.9 Å². The Balaban J connectivity index is 2.40. The van der Waals surface area contributed by atoms with E-state index >= 15 is 0 Å². The molecule has 0 atom stereocenters. The molecule has 1 amide bonds. The van der Waals surface area contributed by atoms with E-state index in [1.165, 1.54) is 24.3 Å².